The molecule has 0 amide bonds. The van der Waals surface area contributed by atoms with Crippen LogP contribution in [0.15, 0.2) is 212 Å². The van der Waals surface area contributed by atoms with Crippen molar-refractivity contribution in [3.05, 3.63) is 235 Å². The quantitative estimate of drug-likeness (QED) is 0.165. The van der Waals surface area contributed by atoms with Gasteiger partial charge in [0.1, 0.15) is 11.5 Å². The molecule has 0 saturated carbocycles. The van der Waals surface area contributed by atoms with Crippen LogP contribution < -0.4 is 4.74 Å². The van der Waals surface area contributed by atoms with Gasteiger partial charge >= 0.3 is 0 Å². The van der Waals surface area contributed by atoms with E-state index in [1.54, 1.807) is 0 Å². The van der Waals surface area contributed by atoms with Crippen LogP contribution in [-0.4, -0.2) is 15.0 Å². The van der Waals surface area contributed by atoms with E-state index in [9.17, 15) is 0 Å². The Balaban J connectivity index is 1.20. The monoisotopic (exact) mass is 717 g/mol. The van der Waals surface area contributed by atoms with E-state index >= 15 is 0 Å². The largest absolute Gasteiger partial charge is 0.457 e. The number of ether oxygens (including phenoxy) is 1. The van der Waals surface area contributed by atoms with Crippen molar-refractivity contribution < 1.29 is 4.74 Å². The summed E-state index contributed by atoms with van der Waals surface area (Å²) in [5.74, 6) is 3.44. The summed E-state index contributed by atoms with van der Waals surface area (Å²) in [5.41, 5.74) is 10.9. The first-order chi connectivity index (χ1) is 27.8. The third-order valence-electron chi connectivity index (χ3n) is 10.7. The van der Waals surface area contributed by atoms with Gasteiger partial charge in [0.05, 0.1) is 5.41 Å². The van der Waals surface area contributed by atoms with Crippen LogP contribution in [0, 0.1) is 0 Å². The minimum absolute atomic E-state index is 0.594. The Morgan fingerprint density at radius 2 is 0.643 bits per heavy atom. The fourth-order valence-electron chi connectivity index (χ4n) is 8.08. The van der Waals surface area contributed by atoms with E-state index in [1.807, 2.05) is 24.3 Å². The number of hydrogen-bond acceptors (Lipinski definition) is 4. The molecule has 0 unspecified atom stereocenters. The van der Waals surface area contributed by atoms with Crippen LogP contribution in [0.1, 0.15) is 22.3 Å². The number of rotatable bonds is 7. The smallest absolute Gasteiger partial charge is 0.164 e. The van der Waals surface area contributed by atoms with Gasteiger partial charge in [-0.05, 0) is 45.5 Å². The second-order valence-electron chi connectivity index (χ2n) is 13.9. The number of nitrogens with zero attached hydrogens (tertiary/aromatic N) is 3. The van der Waals surface area contributed by atoms with E-state index in [0.717, 1.165) is 72.7 Å². The molecule has 10 rings (SSSR count). The molecule has 1 aromatic heterocycles. The Kier molecular flexibility index (Phi) is 8.34. The van der Waals surface area contributed by atoms with Crippen LogP contribution in [0.25, 0.3) is 56.4 Å². The van der Waals surface area contributed by atoms with Gasteiger partial charge in [-0.25, -0.2) is 15.0 Å². The lowest BCUT2D eigenvalue weighted by Crippen LogP contribution is -2.34. The normalized spacial score (nSPS) is 12.6. The van der Waals surface area contributed by atoms with Gasteiger partial charge in [-0.15, -0.1) is 0 Å². The molecule has 0 atom stereocenters. The van der Waals surface area contributed by atoms with Crippen LogP contribution in [-0.2, 0) is 5.41 Å². The lowest BCUT2D eigenvalue weighted by molar-refractivity contribution is 0.434. The van der Waals surface area contributed by atoms with Crippen molar-refractivity contribution in [2.75, 3.05) is 0 Å². The van der Waals surface area contributed by atoms with Gasteiger partial charge in [-0.3, -0.25) is 0 Å². The van der Waals surface area contributed by atoms with Gasteiger partial charge in [0, 0.05) is 27.8 Å². The second-order valence-corrected chi connectivity index (χ2v) is 13.9. The molecule has 2 heterocycles. The first-order valence-corrected chi connectivity index (χ1v) is 18.9. The van der Waals surface area contributed by atoms with Crippen molar-refractivity contribution in [2.24, 2.45) is 0 Å². The molecule has 0 radical (unpaired) electrons. The molecule has 4 nitrogen and oxygen atoms in total. The highest BCUT2D eigenvalue weighted by molar-refractivity contribution is 5.78. The first kappa shape index (κ1) is 33.2. The summed E-state index contributed by atoms with van der Waals surface area (Å²) >= 11 is 0. The van der Waals surface area contributed by atoms with Crippen molar-refractivity contribution in [1.29, 1.82) is 0 Å². The average molecular weight is 718 g/mol. The summed E-state index contributed by atoms with van der Waals surface area (Å²) in [6, 6.07) is 73.7. The zero-order valence-corrected chi connectivity index (χ0v) is 30.5. The molecule has 4 heteroatoms. The minimum Gasteiger partial charge on any atom is -0.457 e. The Hall–Kier alpha value is -7.43. The van der Waals surface area contributed by atoms with Crippen molar-refractivity contribution in [1.82, 2.24) is 15.0 Å². The highest BCUT2D eigenvalue weighted by Gasteiger charge is 2.46. The molecular weight excluding hydrogens is 683 g/mol. The maximum atomic E-state index is 6.62. The summed E-state index contributed by atoms with van der Waals surface area (Å²) in [5, 5.41) is 0. The van der Waals surface area contributed by atoms with Crippen LogP contribution in [0.4, 0.5) is 0 Å². The van der Waals surface area contributed by atoms with E-state index in [2.05, 4.69) is 188 Å². The maximum Gasteiger partial charge on any atom is 0.164 e. The van der Waals surface area contributed by atoms with Gasteiger partial charge in [0.15, 0.2) is 17.5 Å². The number of benzene rings is 8. The van der Waals surface area contributed by atoms with Crippen LogP contribution in [0.2, 0.25) is 0 Å². The SMILES string of the molecule is c1ccc(-c2ccc(-c3nc(-c4ccc(-c5ccccc5)cc4)nc(-c4ccccc4C4(c5ccccc5)c5ccccc5Oc5ccccc54)n3)cc2)cc1. The third-order valence-corrected chi connectivity index (χ3v) is 10.7. The predicted molar refractivity (Wildman–Crippen MR) is 225 cm³/mol. The summed E-state index contributed by atoms with van der Waals surface area (Å²) in [4.78, 5) is 15.8. The second kappa shape index (κ2) is 14.1. The Labute approximate surface area is 326 Å². The molecule has 0 bridgehead atoms. The van der Waals surface area contributed by atoms with Gasteiger partial charge in [-0.2, -0.15) is 0 Å². The topological polar surface area (TPSA) is 47.9 Å². The summed E-state index contributed by atoms with van der Waals surface area (Å²) < 4.78 is 6.62. The first-order valence-electron chi connectivity index (χ1n) is 18.9. The van der Waals surface area contributed by atoms with Gasteiger partial charge in [0.25, 0.3) is 0 Å². The van der Waals surface area contributed by atoms with E-state index in [4.69, 9.17) is 19.7 Å². The Morgan fingerprint density at radius 1 is 0.286 bits per heavy atom. The van der Waals surface area contributed by atoms with Gasteiger partial charge < -0.3 is 4.74 Å². The molecule has 8 aromatic carbocycles. The van der Waals surface area contributed by atoms with Crippen molar-refractivity contribution in [3.63, 3.8) is 0 Å². The highest BCUT2D eigenvalue weighted by atomic mass is 16.5. The Morgan fingerprint density at radius 3 is 1.14 bits per heavy atom. The van der Waals surface area contributed by atoms with Crippen molar-refractivity contribution >= 4 is 0 Å². The number of hydrogen-bond donors (Lipinski definition) is 0. The predicted octanol–water partition coefficient (Wildman–Crippen LogP) is 12.7. The molecule has 0 spiro atoms. The average Bonchev–Trinajstić information content (AvgIpc) is 3.29. The summed E-state index contributed by atoms with van der Waals surface area (Å²) in [6.07, 6.45) is 0. The molecule has 264 valence electrons. The molecule has 1 aliphatic heterocycles. The summed E-state index contributed by atoms with van der Waals surface area (Å²) in [7, 11) is 0. The zero-order valence-electron chi connectivity index (χ0n) is 30.5. The van der Waals surface area contributed by atoms with E-state index in [1.165, 1.54) is 0 Å². The van der Waals surface area contributed by atoms with E-state index in [0.29, 0.717) is 17.5 Å². The fourth-order valence-corrected chi connectivity index (χ4v) is 8.08. The van der Waals surface area contributed by atoms with Crippen LogP contribution in [0.3, 0.4) is 0 Å². The third kappa shape index (κ3) is 5.76. The highest BCUT2D eigenvalue weighted by Crippen LogP contribution is 2.56. The van der Waals surface area contributed by atoms with Gasteiger partial charge in [-0.1, -0.05) is 200 Å². The maximum absolute atomic E-state index is 6.62. The molecule has 0 N–H and O–H groups in total. The van der Waals surface area contributed by atoms with Crippen molar-refractivity contribution in [2.45, 2.75) is 5.41 Å². The van der Waals surface area contributed by atoms with Crippen LogP contribution in [0.5, 0.6) is 11.5 Å². The Bertz CT molecular complexity index is 2660. The molecule has 0 aliphatic carbocycles. The zero-order chi connectivity index (χ0) is 37.3. The van der Waals surface area contributed by atoms with Gasteiger partial charge in [0.2, 0.25) is 0 Å². The molecule has 9 aromatic rings. The van der Waals surface area contributed by atoms with E-state index in [-0.39, 0.29) is 0 Å². The lowest BCUT2D eigenvalue weighted by atomic mass is 9.62. The fraction of sp³-hybridized carbons (Fsp3) is 0.0192. The molecule has 1 aliphatic rings. The molecule has 0 fully saturated rings. The standard InChI is InChI=1S/C52H35N3O/c1-4-16-36(17-5-1)38-28-32-40(33-29-38)49-53-50(41-34-30-39(31-35-41)37-18-6-2-7-19-37)55-51(54-49)43-22-10-11-23-44(43)52(42-20-8-3-9-21-42)45-24-12-14-26-47(45)56-48-27-15-13-25-46(48)52/h1-35H. The number of aromatic nitrogens is 3. The lowest BCUT2D eigenvalue weighted by Gasteiger charge is -2.42. The minimum atomic E-state index is -0.745. The molecule has 0 saturated heterocycles. The summed E-state index contributed by atoms with van der Waals surface area (Å²) in [6.45, 7) is 0. The van der Waals surface area contributed by atoms with Crippen molar-refractivity contribution in [3.8, 4) is 67.9 Å². The molecule has 56 heavy (non-hydrogen) atoms. The van der Waals surface area contributed by atoms with E-state index < -0.39 is 5.41 Å². The number of para-hydroxylation sites is 2. The molecular formula is C52H35N3O. The van der Waals surface area contributed by atoms with Crippen LogP contribution >= 0.6 is 0 Å². The number of fused-ring (bicyclic) bond motifs is 2.